The number of sulfonamides is 1. The van der Waals surface area contributed by atoms with Gasteiger partial charge in [-0.05, 0) is 18.2 Å². The van der Waals surface area contributed by atoms with E-state index in [0.717, 1.165) is 10.4 Å². The van der Waals surface area contributed by atoms with E-state index in [0.29, 0.717) is 5.69 Å². The van der Waals surface area contributed by atoms with Crippen LogP contribution in [-0.2, 0) is 10.0 Å². The molecule has 0 fully saturated rings. The number of hydrogen-bond acceptors (Lipinski definition) is 3. The van der Waals surface area contributed by atoms with Crippen LogP contribution in [0, 0.1) is 5.82 Å². The molecule has 0 saturated carbocycles. The summed E-state index contributed by atoms with van der Waals surface area (Å²) in [4.78, 5) is -0.00810. The summed E-state index contributed by atoms with van der Waals surface area (Å²) in [6.07, 6.45) is 0. The summed E-state index contributed by atoms with van der Waals surface area (Å²) < 4.78 is 37.3. The van der Waals surface area contributed by atoms with E-state index < -0.39 is 15.8 Å². The lowest BCUT2D eigenvalue weighted by Crippen LogP contribution is -2.36. The van der Waals surface area contributed by atoms with E-state index in [2.05, 4.69) is 5.32 Å². The first-order chi connectivity index (χ1) is 6.51. The van der Waals surface area contributed by atoms with Crippen LogP contribution in [0.25, 0.3) is 0 Å². The Hall–Kier alpha value is -1.14. The van der Waals surface area contributed by atoms with E-state index in [1.54, 1.807) is 0 Å². The first-order valence-corrected chi connectivity index (χ1v) is 5.45. The van der Waals surface area contributed by atoms with Crippen molar-refractivity contribution in [2.75, 3.05) is 19.0 Å². The molecule has 0 aromatic heterocycles. The Morgan fingerprint density at radius 2 is 2.21 bits per heavy atom. The van der Waals surface area contributed by atoms with Crippen molar-refractivity contribution in [3.05, 3.63) is 24.0 Å². The second-order valence-corrected chi connectivity index (χ2v) is 5.09. The summed E-state index contributed by atoms with van der Waals surface area (Å²) in [5.74, 6) is -0.551. The largest absolute Gasteiger partial charge is 0.370 e. The van der Waals surface area contributed by atoms with Gasteiger partial charge in [-0.1, -0.05) is 0 Å². The van der Waals surface area contributed by atoms with Gasteiger partial charge < -0.3 is 5.32 Å². The average molecular weight is 216 g/mol. The van der Waals surface area contributed by atoms with Gasteiger partial charge in [0.15, 0.2) is 0 Å². The molecule has 1 aliphatic rings. The Balaban J connectivity index is 2.68. The van der Waals surface area contributed by atoms with E-state index in [4.69, 9.17) is 0 Å². The van der Waals surface area contributed by atoms with Crippen molar-refractivity contribution in [3.8, 4) is 0 Å². The van der Waals surface area contributed by atoms with Crippen molar-refractivity contribution in [2.24, 2.45) is 0 Å². The van der Waals surface area contributed by atoms with E-state index in [9.17, 15) is 12.8 Å². The van der Waals surface area contributed by atoms with Crippen LogP contribution in [0.3, 0.4) is 0 Å². The Labute approximate surface area is 81.4 Å². The van der Waals surface area contributed by atoms with Crippen LogP contribution in [0.5, 0.6) is 0 Å². The van der Waals surface area contributed by atoms with E-state index in [1.807, 2.05) is 0 Å². The minimum Gasteiger partial charge on any atom is -0.370 e. The Morgan fingerprint density at radius 1 is 1.50 bits per heavy atom. The van der Waals surface area contributed by atoms with Crippen molar-refractivity contribution in [1.29, 1.82) is 0 Å². The van der Waals surface area contributed by atoms with E-state index in [1.165, 1.54) is 19.2 Å². The number of halogens is 1. The van der Waals surface area contributed by atoms with Crippen LogP contribution in [0.2, 0.25) is 0 Å². The number of rotatable bonds is 0. The Bertz CT molecular complexity index is 472. The van der Waals surface area contributed by atoms with Crippen molar-refractivity contribution in [3.63, 3.8) is 0 Å². The lowest BCUT2D eigenvalue weighted by Gasteiger charge is -2.25. The maximum absolute atomic E-state index is 12.9. The zero-order valence-electron chi connectivity index (χ0n) is 7.49. The fraction of sp³-hybridized carbons (Fsp3) is 0.250. The fourth-order valence-corrected chi connectivity index (χ4v) is 2.55. The molecule has 0 unspecified atom stereocenters. The third-order valence-corrected chi connectivity index (χ3v) is 3.97. The molecule has 0 amide bonds. The average Bonchev–Trinajstić information content (AvgIpc) is 2.13. The van der Waals surface area contributed by atoms with Gasteiger partial charge in [0.05, 0.1) is 12.4 Å². The van der Waals surface area contributed by atoms with Crippen LogP contribution in [0.15, 0.2) is 23.1 Å². The second-order valence-electron chi connectivity index (χ2n) is 3.08. The molecule has 0 radical (unpaired) electrons. The van der Waals surface area contributed by atoms with Crippen molar-refractivity contribution in [1.82, 2.24) is 4.31 Å². The second kappa shape index (κ2) is 2.93. The summed E-state index contributed by atoms with van der Waals surface area (Å²) in [5.41, 5.74) is 0.449. The minimum absolute atomic E-state index is 0.00810. The Kier molecular flexibility index (Phi) is 1.97. The molecule has 1 aliphatic heterocycles. The molecular formula is C8H9FN2O2S. The summed E-state index contributed by atoms with van der Waals surface area (Å²) in [6, 6.07) is 3.68. The highest BCUT2D eigenvalue weighted by Crippen LogP contribution is 2.28. The standard InChI is InChI=1S/C8H9FN2O2S/c1-11-5-10-7-3-2-6(9)4-8(7)14(11,12)13/h2-4,10H,5H2,1H3. The number of hydrogen-bond donors (Lipinski definition) is 1. The van der Waals surface area contributed by atoms with Crippen molar-refractivity contribution in [2.45, 2.75) is 4.90 Å². The SMILES string of the molecule is CN1CNc2ccc(F)cc2S1(=O)=O. The maximum Gasteiger partial charge on any atom is 0.246 e. The number of fused-ring (bicyclic) bond motifs is 1. The molecule has 76 valence electrons. The van der Waals surface area contributed by atoms with Gasteiger partial charge in [-0.3, -0.25) is 0 Å². The lowest BCUT2D eigenvalue weighted by molar-refractivity contribution is 0.480. The zero-order valence-corrected chi connectivity index (χ0v) is 8.31. The lowest BCUT2D eigenvalue weighted by atomic mass is 10.3. The molecule has 0 atom stereocenters. The number of nitrogens with one attached hydrogen (secondary N) is 1. The predicted octanol–water partition coefficient (Wildman–Crippen LogP) is 0.829. The van der Waals surface area contributed by atoms with Gasteiger partial charge in [0.2, 0.25) is 10.0 Å². The van der Waals surface area contributed by atoms with Gasteiger partial charge in [-0.15, -0.1) is 0 Å². The molecule has 1 aromatic carbocycles. The van der Waals surface area contributed by atoms with E-state index in [-0.39, 0.29) is 11.6 Å². The highest BCUT2D eigenvalue weighted by molar-refractivity contribution is 7.89. The summed E-state index contributed by atoms with van der Waals surface area (Å²) in [6.45, 7) is 0.209. The highest BCUT2D eigenvalue weighted by atomic mass is 32.2. The molecule has 0 aliphatic carbocycles. The monoisotopic (exact) mass is 216 g/mol. The number of nitrogens with zero attached hydrogens (tertiary/aromatic N) is 1. The summed E-state index contributed by atoms with van der Waals surface area (Å²) >= 11 is 0. The smallest absolute Gasteiger partial charge is 0.246 e. The first-order valence-electron chi connectivity index (χ1n) is 4.01. The van der Waals surface area contributed by atoms with Gasteiger partial charge >= 0.3 is 0 Å². The van der Waals surface area contributed by atoms with Crippen LogP contribution in [-0.4, -0.2) is 26.4 Å². The van der Waals surface area contributed by atoms with Gasteiger partial charge in [-0.2, -0.15) is 4.31 Å². The first kappa shape index (κ1) is 9.42. The normalized spacial score (nSPS) is 19.9. The van der Waals surface area contributed by atoms with Crippen molar-refractivity contribution >= 4 is 15.7 Å². The van der Waals surface area contributed by atoms with Gasteiger partial charge in [0, 0.05) is 7.05 Å². The predicted molar refractivity (Wildman–Crippen MR) is 49.8 cm³/mol. The van der Waals surface area contributed by atoms with Gasteiger partial charge in [0.25, 0.3) is 0 Å². The molecule has 14 heavy (non-hydrogen) atoms. The topological polar surface area (TPSA) is 49.4 Å². The zero-order chi connectivity index (χ0) is 10.3. The summed E-state index contributed by atoms with van der Waals surface area (Å²) in [7, 11) is -2.07. The Morgan fingerprint density at radius 3 is 2.93 bits per heavy atom. The summed E-state index contributed by atoms with van der Waals surface area (Å²) in [5, 5.41) is 2.88. The number of anilines is 1. The van der Waals surface area contributed by atoms with E-state index >= 15 is 0 Å². The van der Waals surface area contributed by atoms with Crippen LogP contribution in [0.1, 0.15) is 0 Å². The van der Waals surface area contributed by atoms with Crippen molar-refractivity contribution < 1.29 is 12.8 Å². The minimum atomic E-state index is -3.51. The molecule has 1 heterocycles. The molecule has 6 heteroatoms. The molecular weight excluding hydrogens is 207 g/mol. The van der Waals surface area contributed by atoms with Crippen LogP contribution < -0.4 is 5.32 Å². The molecule has 0 saturated heterocycles. The molecule has 1 aromatic rings. The third-order valence-electron chi connectivity index (χ3n) is 2.12. The van der Waals surface area contributed by atoms with Crippen LogP contribution >= 0.6 is 0 Å². The van der Waals surface area contributed by atoms with Gasteiger partial charge in [0.1, 0.15) is 10.7 Å². The van der Waals surface area contributed by atoms with Crippen LogP contribution in [0.4, 0.5) is 10.1 Å². The fourth-order valence-electron chi connectivity index (χ4n) is 1.31. The van der Waals surface area contributed by atoms with Gasteiger partial charge in [-0.25, -0.2) is 12.8 Å². The maximum atomic E-state index is 12.9. The molecule has 0 spiro atoms. The number of benzene rings is 1. The molecule has 4 nitrogen and oxygen atoms in total. The quantitative estimate of drug-likeness (QED) is 0.698. The third kappa shape index (κ3) is 1.27. The molecule has 0 bridgehead atoms. The molecule has 1 N–H and O–H groups in total. The highest BCUT2D eigenvalue weighted by Gasteiger charge is 2.28. The molecule has 2 rings (SSSR count).